The highest BCUT2D eigenvalue weighted by atomic mass is 16.5. The normalized spacial score (nSPS) is 32.4. The Bertz CT molecular complexity index is 335. The molecular formula is C15H29N3O2. The van der Waals surface area contributed by atoms with E-state index in [1.54, 1.807) is 0 Å². The topological polar surface area (TPSA) is 44.8 Å². The van der Waals surface area contributed by atoms with Crippen LogP contribution in [0.4, 0.5) is 0 Å². The maximum atomic E-state index is 12.5. The quantitative estimate of drug-likeness (QED) is 0.814. The second-order valence-corrected chi connectivity index (χ2v) is 6.52. The molecule has 3 atom stereocenters. The Balaban J connectivity index is 1.99. The van der Waals surface area contributed by atoms with Gasteiger partial charge in [-0.1, -0.05) is 20.8 Å². The summed E-state index contributed by atoms with van der Waals surface area (Å²) in [5.74, 6) is 0.823. The minimum Gasteiger partial charge on any atom is -0.374 e. The van der Waals surface area contributed by atoms with Gasteiger partial charge >= 0.3 is 0 Å². The fourth-order valence-electron chi connectivity index (χ4n) is 3.10. The number of morpholine rings is 1. The second kappa shape index (κ2) is 6.87. The van der Waals surface area contributed by atoms with E-state index in [2.05, 4.69) is 38.0 Å². The molecule has 2 fully saturated rings. The number of ether oxygens (including phenoxy) is 1. The summed E-state index contributed by atoms with van der Waals surface area (Å²) < 4.78 is 5.82. The highest BCUT2D eigenvalue weighted by Gasteiger charge is 2.39. The molecule has 5 heteroatoms. The van der Waals surface area contributed by atoms with E-state index in [9.17, 15) is 4.79 Å². The Morgan fingerprint density at radius 2 is 2.20 bits per heavy atom. The van der Waals surface area contributed by atoms with Crippen LogP contribution in [-0.4, -0.2) is 67.3 Å². The largest absolute Gasteiger partial charge is 0.374 e. The van der Waals surface area contributed by atoms with Crippen molar-refractivity contribution in [3.63, 3.8) is 0 Å². The van der Waals surface area contributed by atoms with Gasteiger partial charge in [-0.05, 0) is 25.8 Å². The lowest BCUT2D eigenvalue weighted by atomic mass is 10.1. The van der Waals surface area contributed by atoms with Crippen molar-refractivity contribution in [3.05, 3.63) is 0 Å². The van der Waals surface area contributed by atoms with Crippen molar-refractivity contribution in [1.29, 1.82) is 0 Å². The zero-order chi connectivity index (χ0) is 14.7. The Kier molecular flexibility index (Phi) is 5.41. The second-order valence-electron chi connectivity index (χ2n) is 6.52. The van der Waals surface area contributed by atoms with Crippen LogP contribution in [0, 0.1) is 5.92 Å². The molecule has 5 nitrogen and oxygen atoms in total. The van der Waals surface area contributed by atoms with Crippen LogP contribution >= 0.6 is 0 Å². The highest BCUT2D eigenvalue weighted by Crippen LogP contribution is 2.20. The van der Waals surface area contributed by atoms with Gasteiger partial charge in [0.1, 0.15) is 0 Å². The summed E-state index contributed by atoms with van der Waals surface area (Å²) in [6, 6.07) is -0.0138. The molecule has 0 aromatic heterocycles. The van der Waals surface area contributed by atoms with Crippen molar-refractivity contribution in [2.24, 2.45) is 5.92 Å². The zero-order valence-electron chi connectivity index (χ0n) is 13.3. The summed E-state index contributed by atoms with van der Waals surface area (Å²) in [5.41, 5.74) is 0. The number of nitrogens with zero attached hydrogens (tertiary/aromatic N) is 2. The van der Waals surface area contributed by atoms with Crippen LogP contribution in [0.25, 0.3) is 0 Å². The molecule has 0 radical (unpaired) electrons. The molecule has 2 heterocycles. The SMILES string of the molecule is CCC1NC(CC(C)C)N(CC2CN(C)CCO2)C1=O. The first-order valence-corrected chi connectivity index (χ1v) is 7.88. The molecule has 1 N–H and O–H groups in total. The van der Waals surface area contributed by atoms with E-state index in [1.165, 1.54) is 0 Å². The van der Waals surface area contributed by atoms with E-state index in [4.69, 9.17) is 4.74 Å². The summed E-state index contributed by atoms with van der Waals surface area (Å²) in [6.45, 7) is 9.84. The van der Waals surface area contributed by atoms with Gasteiger partial charge in [0.2, 0.25) is 5.91 Å². The average Bonchev–Trinajstić information content (AvgIpc) is 2.66. The third-order valence-corrected chi connectivity index (χ3v) is 4.20. The van der Waals surface area contributed by atoms with E-state index in [-0.39, 0.29) is 24.2 Å². The summed E-state index contributed by atoms with van der Waals surface area (Å²) in [4.78, 5) is 16.8. The van der Waals surface area contributed by atoms with Crippen LogP contribution in [0.5, 0.6) is 0 Å². The molecule has 3 unspecified atom stereocenters. The van der Waals surface area contributed by atoms with Gasteiger partial charge in [-0.2, -0.15) is 0 Å². The number of nitrogens with one attached hydrogen (secondary N) is 1. The summed E-state index contributed by atoms with van der Waals surface area (Å²) >= 11 is 0. The third-order valence-electron chi connectivity index (χ3n) is 4.20. The Morgan fingerprint density at radius 3 is 2.80 bits per heavy atom. The molecule has 1 amide bonds. The van der Waals surface area contributed by atoms with Gasteiger partial charge in [0.25, 0.3) is 0 Å². The minimum absolute atomic E-state index is 0.0138. The lowest BCUT2D eigenvalue weighted by molar-refractivity contribution is -0.133. The smallest absolute Gasteiger partial charge is 0.241 e. The van der Waals surface area contributed by atoms with E-state index in [1.807, 2.05) is 4.90 Å². The van der Waals surface area contributed by atoms with Crippen LogP contribution in [0.3, 0.4) is 0 Å². The van der Waals surface area contributed by atoms with Crippen LogP contribution in [0.2, 0.25) is 0 Å². The van der Waals surface area contributed by atoms with Gasteiger partial charge in [-0.3, -0.25) is 10.1 Å². The van der Waals surface area contributed by atoms with Crippen molar-refractivity contribution in [2.45, 2.75) is 51.9 Å². The fourth-order valence-corrected chi connectivity index (χ4v) is 3.10. The van der Waals surface area contributed by atoms with Crippen LogP contribution in [0.15, 0.2) is 0 Å². The Labute approximate surface area is 122 Å². The van der Waals surface area contributed by atoms with Crippen molar-refractivity contribution in [2.75, 3.05) is 33.3 Å². The number of hydrogen-bond donors (Lipinski definition) is 1. The molecule has 116 valence electrons. The minimum atomic E-state index is -0.0138. The number of carbonyl (C=O) groups excluding carboxylic acids is 1. The number of hydrogen-bond acceptors (Lipinski definition) is 4. The van der Waals surface area contributed by atoms with Crippen LogP contribution in [-0.2, 0) is 9.53 Å². The first-order chi connectivity index (χ1) is 9.51. The molecular weight excluding hydrogens is 254 g/mol. The predicted octanol–water partition coefficient (Wildman–Crippen LogP) is 0.900. The van der Waals surface area contributed by atoms with Crippen molar-refractivity contribution in [1.82, 2.24) is 15.1 Å². The molecule has 0 aromatic carbocycles. The number of carbonyl (C=O) groups is 1. The van der Waals surface area contributed by atoms with Gasteiger partial charge < -0.3 is 14.5 Å². The number of likely N-dealkylation sites (N-methyl/N-ethyl adjacent to an activating group) is 1. The fraction of sp³-hybridized carbons (Fsp3) is 0.933. The van der Waals surface area contributed by atoms with Gasteiger partial charge in [-0.25, -0.2) is 0 Å². The Hall–Kier alpha value is -0.650. The molecule has 2 rings (SSSR count). The van der Waals surface area contributed by atoms with E-state index < -0.39 is 0 Å². The Morgan fingerprint density at radius 1 is 1.45 bits per heavy atom. The molecule has 2 aliphatic heterocycles. The maximum Gasteiger partial charge on any atom is 0.241 e. The van der Waals surface area contributed by atoms with Crippen LogP contribution in [0.1, 0.15) is 33.6 Å². The van der Waals surface area contributed by atoms with Crippen molar-refractivity contribution in [3.8, 4) is 0 Å². The zero-order valence-corrected chi connectivity index (χ0v) is 13.3. The van der Waals surface area contributed by atoms with Gasteiger partial charge in [0.15, 0.2) is 0 Å². The van der Waals surface area contributed by atoms with Crippen LogP contribution < -0.4 is 5.32 Å². The molecule has 0 bridgehead atoms. The van der Waals surface area contributed by atoms with E-state index in [0.29, 0.717) is 12.5 Å². The van der Waals surface area contributed by atoms with E-state index in [0.717, 1.165) is 32.5 Å². The third kappa shape index (κ3) is 3.71. The lowest BCUT2D eigenvalue weighted by Crippen LogP contribution is -2.49. The standard InChI is InChI=1S/C15H29N3O2/c1-5-13-15(19)18(14(16-13)8-11(2)3)10-12-9-17(4)6-7-20-12/h11-14,16H,5-10H2,1-4H3. The number of rotatable bonds is 5. The number of amides is 1. The summed E-state index contributed by atoms with van der Waals surface area (Å²) in [5, 5.41) is 3.48. The molecule has 20 heavy (non-hydrogen) atoms. The first-order valence-electron chi connectivity index (χ1n) is 7.88. The van der Waals surface area contributed by atoms with Gasteiger partial charge in [-0.15, -0.1) is 0 Å². The predicted molar refractivity (Wildman–Crippen MR) is 79.4 cm³/mol. The summed E-state index contributed by atoms with van der Waals surface area (Å²) in [7, 11) is 2.11. The molecule has 2 aliphatic rings. The maximum absolute atomic E-state index is 12.5. The van der Waals surface area contributed by atoms with Gasteiger partial charge in [0.05, 0.1) is 24.9 Å². The monoisotopic (exact) mass is 283 g/mol. The molecule has 0 saturated carbocycles. The molecule has 0 spiro atoms. The molecule has 0 aromatic rings. The lowest BCUT2D eigenvalue weighted by Gasteiger charge is -2.34. The molecule has 2 saturated heterocycles. The van der Waals surface area contributed by atoms with Crippen molar-refractivity contribution >= 4 is 5.91 Å². The summed E-state index contributed by atoms with van der Waals surface area (Å²) in [6.07, 6.45) is 2.17. The highest BCUT2D eigenvalue weighted by molar-refractivity contribution is 5.84. The van der Waals surface area contributed by atoms with E-state index >= 15 is 0 Å². The van der Waals surface area contributed by atoms with Gasteiger partial charge in [0, 0.05) is 19.6 Å². The first kappa shape index (κ1) is 15.7. The average molecular weight is 283 g/mol. The molecule has 0 aliphatic carbocycles. The van der Waals surface area contributed by atoms with Crippen molar-refractivity contribution < 1.29 is 9.53 Å².